The third-order valence-electron chi connectivity index (χ3n) is 3.69. The molecule has 4 nitrogen and oxygen atoms in total. The maximum atomic E-state index is 12.6. The highest BCUT2D eigenvalue weighted by molar-refractivity contribution is 5.78. The highest BCUT2D eigenvalue weighted by Gasteiger charge is 2.11. The number of nitrogens with zero attached hydrogens (tertiary/aromatic N) is 2. The Balaban J connectivity index is 2.28. The molecule has 2 aromatic carbocycles. The molecule has 3 aromatic rings. The molecule has 106 valence electrons. The van der Waals surface area contributed by atoms with Gasteiger partial charge in [-0.3, -0.25) is 13.9 Å². The van der Waals surface area contributed by atoms with E-state index >= 15 is 0 Å². The number of hydrogen-bond donors (Lipinski definition) is 0. The van der Waals surface area contributed by atoms with Crippen LogP contribution < -0.4 is 11.2 Å². The van der Waals surface area contributed by atoms with Crippen molar-refractivity contribution in [2.24, 2.45) is 7.05 Å². The fourth-order valence-corrected chi connectivity index (χ4v) is 2.54. The van der Waals surface area contributed by atoms with Crippen LogP contribution in [0.4, 0.5) is 0 Å². The second kappa shape index (κ2) is 5.05. The second-order valence-corrected chi connectivity index (χ2v) is 5.24. The number of hydrogen-bond acceptors (Lipinski definition) is 2. The molecule has 0 amide bonds. The van der Waals surface area contributed by atoms with Crippen molar-refractivity contribution in [1.82, 2.24) is 9.13 Å². The summed E-state index contributed by atoms with van der Waals surface area (Å²) in [6.45, 7) is 2.22. The maximum Gasteiger partial charge on any atom is 0.331 e. The third kappa shape index (κ3) is 2.29. The highest BCUT2D eigenvalue weighted by atomic mass is 16.2. The normalized spacial score (nSPS) is 11.0. The summed E-state index contributed by atoms with van der Waals surface area (Å²) in [7, 11) is 1.70. The molecule has 0 bridgehead atoms. The lowest BCUT2D eigenvalue weighted by Gasteiger charge is -2.11. The van der Waals surface area contributed by atoms with Crippen LogP contribution in [0.25, 0.3) is 10.9 Å². The highest BCUT2D eigenvalue weighted by Crippen LogP contribution is 2.10. The van der Waals surface area contributed by atoms with E-state index in [9.17, 15) is 9.59 Å². The zero-order valence-electron chi connectivity index (χ0n) is 12.0. The predicted molar refractivity (Wildman–Crippen MR) is 83.7 cm³/mol. The summed E-state index contributed by atoms with van der Waals surface area (Å²) in [6.07, 6.45) is 0. The van der Waals surface area contributed by atoms with Gasteiger partial charge in [-0.2, -0.15) is 0 Å². The Morgan fingerprint density at radius 2 is 1.71 bits per heavy atom. The van der Waals surface area contributed by atoms with Gasteiger partial charge in [0.2, 0.25) is 0 Å². The molecular formula is C17H16N2O2. The Labute approximate surface area is 121 Å². The summed E-state index contributed by atoms with van der Waals surface area (Å²) in [5.74, 6) is 0. The molecule has 0 N–H and O–H groups in total. The van der Waals surface area contributed by atoms with Crippen molar-refractivity contribution in [1.29, 1.82) is 0 Å². The number of rotatable bonds is 2. The van der Waals surface area contributed by atoms with Crippen LogP contribution in [0.15, 0.2) is 58.1 Å². The summed E-state index contributed by atoms with van der Waals surface area (Å²) >= 11 is 0. The molecule has 0 spiro atoms. The molecule has 4 heteroatoms. The first-order valence-corrected chi connectivity index (χ1v) is 6.82. The minimum absolute atomic E-state index is 0.236. The maximum absolute atomic E-state index is 12.6. The van der Waals surface area contributed by atoms with E-state index < -0.39 is 0 Å². The van der Waals surface area contributed by atoms with E-state index in [1.54, 1.807) is 7.05 Å². The SMILES string of the molecule is Cc1ccc2c(c1)c(=O)n(Cc1ccccc1)c(=O)n2C. The van der Waals surface area contributed by atoms with Crippen LogP contribution in [-0.2, 0) is 13.6 Å². The van der Waals surface area contributed by atoms with Gasteiger partial charge in [0, 0.05) is 7.05 Å². The van der Waals surface area contributed by atoms with Crippen molar-refractivity contribution in [2.75, 3.05) is 0 Å². The average Bonchev–Trinajstić information content (AvgIpc) is 2.50. The molecule has 3 rings (SSSR count). The Hall–Kier alpha value is -2.62. The van der Waals surface area contributed by atoms with Crippen LogP contribution in [0.1, 0.15) is 11.1 Å². The van der Waals surface area contributed by atoms with Crippen LogP contribution in [0.5, 0.6) is 0 Å². The summed E-state index contributed by atoms with van der Waals surface area (Å²) in [4.78, 5) is 25.0. The fraction of sp³-hybridized carbons (Fsp3) is 0.176. The minimum atomic E-state index is -0.291. The molecular weight excluding hydrogens is 264 g/mol. The van der Waals surface area contributed by atoms with Gasteiger partial charge in [-0.1, -0.05) is 42.0 Å². The van der Waals surface area contributed by atoms with Gasteiger partial charge in [0.25, 0.3) is 5.56 Å². The molecule has 0 atom stereocenters. The topological polar surface area (TPSA) is 44.0 Å². The molecule has 0 fully saturated rings. The van der Waals surface area contributed by atoms with E-state index in [2.05, 4.69) is 0 Å². The van der Waals surface area contributed by atoms with Crippen molar-refractivity contribution in [3.63, 3.8) is 0 Å². The Morgan fingerprint density at radius 3 is 2.43 bits per heavy atom. The summed E-state index contributed by atoms with van der Waals surface area (Å²) in [5.41, 5.74) is 2.08. The van der Waals surface area contributed by atoms with Gasteiger partial charge >= 0.3 is 5.69 Å². The first-order chi connectivity index (χ1) is 10.1. The molecule has 0 unspecified atom stereocenters. The van der Waals surface area contributed by atoms with Gasteiger partial charge in [0.15, 0.2) is 0 Å². The number of aromatic nitrogens is 2. The van der Waals surface area contributed by atoms with E-state index in [1.807, 2.05) is 55.5 Å². The van der Waals surface area contributed by atoms with Gasteiger partial charge < -0.3 is 0 Å². The molecule has 0 aliphatic carbocycles. The van der Waals surface area contributed by atoms with Gasteiger partial charge in [-0.15, -0.1) is 0 Å². The van der Waals surface area contributed by atoms with E-state index in [-0.39, 0.29) is 17.8 Å². The summed E-state index contributed by atoms with van der Waals surface area (Å²) in [6, 6.07) is 15.1. The zero-order valence-corrected chi connectivity index (χ0v) is 12.0. The summed E-state index contributed by atoms with van der Waals surface area (Å²) in [5, 5.41) is 0.577. The molecule has 0 radical (unpaired) electrons. The number of fused-ring (bicyclic) bond motifs is 1. The van der Waals surface area contributed by atoms with E-state index in [0.717, 1.165) is 11.1 Å². The molecule has 0 aliphatic heterocycles. The lowest BCUT2D eigenvalue weighted by atomic mass is 10.1. The van der Waals surface area contributed by atoms with Crippen molar-refractivity contribution in [2.45, 2.75) is 13.5 Å². The van der Waals surface area contributed by atoms with Crippen molar-refractivity contribution >= 4 is 10.9 Å². The monoisotopic (exact) mass is 280 g/mol. The smallest absolute Gasteiger partial charge is 0.296 e. The molecule has 1 heterocycles. The van der Waals surface area contributed by atoms with Gasteiger partial charge in [-0.05, 0) is 24.6 Å². The van der Waals surface area contributed by atoms with Crippen LogP contribution >= 0.6 is 0 Å². The standard InChI is InChI=1S/C17H16N2O2/c1-12-8-9-15-14(10-12)16(20)19(17(21)18(15)2)11-13-6-4-3-5-7-13/h3-10H,11H2,1-2H3. The van der Waals surface area contributed by atoms with E-state index in [1.165, 1.54) is 9.13 Å². The Kier molecular flexibility index (Phi) is 3.22. The first-order valence-electron chi connectivity index (χ1n) is 6.82. The largest absolute Gasteiger partial charge is 0.331 e. The van der Waals surface area contributed by atoms with E-state index in [4.69, 9.17) is 0 Å². The van der Waals surface area contributed by atoms with Gasteiger partial charge in [0.1, 0.15) is 0 Å². The van der Waals surface area contributed by atoms with Crippen LogP contribution in [-0.4, -0.2) is 9.13 Å². The van der Waals surface area contributed by atoms with Crippen LogP contribution in [0.2, 0.25) is 0 Å². The number of benzene rings is 2. The van der Waals surface area contributed by atoms with Crippen molar-refractivity contribution in [3.05, 3.63) is 80.5 Å². The summed E-state index contributed by atoms with van der Waals surface area (Å²) < 4.78 is 2.82. The zero-order chi connectivity index (χ0) is 15.0. The lowest BCUT2D eigenvalue weighted by molar-refractivity contribution is 0.660. The second-order valence-electron chi connectivity index (χ2n) is 5.24. The Morgan fingerprint density at radius 1 is 1.00 bits per heavy atom. The number of aryl methyl sites for hydroxylation is 2. The molecule has 1 aromatic heterocycles. The third-order valence-corrected chi connectivity index (χ3v) is 3.69. The molecule has 0 saturated carbocycles. The van der Waals surface area contributed by atoms with Crippen LogP contribution in [0, 0.1) is 6.92 Å². The molecule has 21 heavy (non-hydrogen) atoms. The van der Waals surface area contributed by atoms with Crippen molar-refractivity contribution < 1.29 is 0 Å². The Bertz CT molecular complexity index is 921. The van der Waals surface area contributed by atoms with Gasteiger partial charge in [-0.25, -0.2) is 4.79 Å². The average molecular weight is 280 g/mol. The lowest BCUT2D eigenvalue weighted by Crippen LogP contribution is -2.39. The first kappa shape index (κ1) is 13.4. The van der Waals surface area contributed by atoms with Gasteiger partial charge in [0.05, 0.1) is 17.4 Å². The molecule has 0 saturated heterocycles. The minimum Gasteiger partial charge on any atom is -0.296 e. The van der Waals surface area contributed by atoms with Crippen LogP contribution in [0.3, 0.4) is 0 Å². The quantitative estimate of drug-likeness (QED) is 0.721. The predicted octanol–water partition coefficient (Wildman–Crippen LogP) is 2.06. The molecule has 0 aliphatic rings. The fourth-order valence-electron chi connectivity index (χ4n) is 2.54. The van der Waals surface area contributed by atoms with Crippen molar-refractivity contribution in [3.8, 4) is 0 Å². The van der Waals surface area contributed by atoms with E-state index in [0.29, 0.717) is 10.9 Å².